The third-order valence-corrected chi connectivity index (χ3v) is 7.99. The molecule has 0 saturated carbocycles. The fourth-order valence-electron chi connectivity index (χ4n) is 5.11. The normalized spacial score (nSPS) is 18.1. The Morgan fingerprint density at radius 1 is 1.03 bits per heavy atom. The molecule has 2 aliphatic heterocycles. The molecule has 5 nitrogen and oxygen atoms in total. The number of hydrogen-bond donors (Lipinski definition) is 1. The van der Waals surface area contributed by atoms with Gasteiger partial charge in [-0.2, -0.15) is 0 Å². The quantitative estimate of drug-likeness (QED) is 0.448. The number of carbonyl (C=O) groups excluding carboxylic acids is 1. The van der Waals surface area contributed by atoms with Crippen LogP contribution in [0.15, 0.2) is 36.4 Å². The first kappa shape index (κ1) is 26.6. The van der Waals surface area contributed by atoms with Crippen LogP contribution in [0.5, 0.6) is 5.75 Å². The van der Waals surface area contributed by atoms with Gasteiger partial charge in [-0.15, -0.1) is 0 Å². The van der Waals surface area contributed by atoms with E-state index in [9.17, 15) is 4.79 Å². The van der Waals surface area contributed by atoms with Crippen molar-refractivity contribution in [3.63, 3.8) is 0 Å². The molecule has 2 fully saturated rings. The highest BCUT2D eigenvalue weighted by Gasteiger charge is 2.30. The van der Waals surface area contributed by atoms with Gasteiger partial charge in [-0.3, -0.25) is 9.69 Å². The number of nitrogens with one attached hydrogen (secondary N) is 1. The largest absolute Gasteiger partial charge is 0.492 e. The molecule has 1 amide bonds. The molecule has 4 rings (SSSR count). The summed E-state index contributed by atoms with van der Waals surface area (Å²) >= 11 is 18.7. The van der Waals surface area contributed by atoms with Gasteiger partial charge in [-0.25, -0.2) is 0 Å². The number of ether oxygens (including phenoxy) is 1. The summed E-state index contributed by atoms with van der Waals surface area (Å²) in [5.74, 6) is 1.33. The van der Waals surface area contributed by atoms with Crippen LogP contribution in [0.25, 0.3) is 0 Å². The number of rotatable bonds is 9. The minimum atomic E-state index is -0.328. The first-order valence-electron chi connectivity index (χ1n) is 12.5. The molecule has 8 heteroatoms. The lowest BCUT2D eigenvalue weighted by molar-refractivity contribution is -0.134. The maximum Gasteiger partial charge on any atom is 0.240 e. The molecule has 0 unspecified atom stereocenters. The molecular weight excluding hydrogens is 505 g/mol. The molecule has 0 aliphatic carbocycles. The van der Waals surface area contributed by atoms with Crippen LogP contribution in [-0.2, 0) is 11.2 Å². The van der Waals surface area contributed by atoms with Gasteiger partial charge in [0.15, 0.2) is 0 Å². The first-order chi connectivity index (χ1) is 16.9. The van der Waals surface area contributed by atoms with Gasteiger partial charge >= 0.3 is 0 Å². The topological polar surface area (TPSA) is 44.8 Å². The van der Waals surface area contributed by atoms with E-state index < -0.39 is 0 Å². The maximum absolute atomic E-state index is 13.3. The van der Waals surface area contributed by atoms with E-state index in [4.69, 9.17) is 39.5 Å². The fraction of sp³-hybridized carbons (Fsp3) is 0.519. The van der Waals surface area contributed by atoms with E-state index in [1.807, 2.05) is 36.2 Å². The smallest absolute Gasteiger partial charge is 0.240 e. The van der Waals surface area contributed by atoms with E-state index >= 15 is 0 Å². The van der Waals surface area contributed by atoms with Crippen LogP contribution in [0.2, 0.25) is 15.1 Å². The number of benzene rings is 2. The molecule has 2 aromatic carbocycles. The number of halogens is 3. The summed E-state index contributed by atoms with van der Waals surface area (Å²) in [4.78, 5) is 17.7. The third kappa shape index (κ3) is 7.05. The summed E-state index contributed by atoms with van der Waals surface area (Å²) < 4.78 is 6.21. The number of likely N-dealkylation sites (N-methyl/N-ethyl adjacent to an activating group) is 1. The van der Waals surface area contributed by atoms with Crippen LogP contribution in [0.4, 0.5) is 0 Å². The summed E-state index contributed by atoms with van der Waals surface area (Å²) in [5, 5.41) is 5.04. The molecule has 2 heterocycles. The SMILES string of the molecule is CN[C@H](Cc1ccc(Cl)cc1Cl)C(=O)N1CCC(c2ccc(Cl)cc2OCCN2CCCC2)CC1. The van der Waals surface area contributed by atoms with Gasteiger partial charge in [0.05, 0.1) is 6.04 Å². The highest BCUT2D eigenvalue weighted by atomic mass is 35.5. The van der Waals surface area contributed by atoms with Crippen molar-refractivity contribution in [3.05, 3.63) is 62.6 Å². The number of amides is 1. The number of piperidine rings is 1. The van der Waals surface area contributed by atoms with E-state index in [1.165, 1.54) is 18.4 Å². The van der Waals surface area contributed by atoms with Crippen LogP contribution in [0.1, 0.15) is 42.7 Å². The van der Waals surface area contributed by atoms with Gasteiger partial charge < -0.3 is 15.0 Å². The lowest BCUT2D eigenvalue weighted by Gasteiger charge is -2.35. The Hall–Kier alpha value is -1.50. The number of likely N-dealkylation sites (tertiary alicyclic amines) is 2. The first-order valence-corrected chi connectivity index (χ1v) is 13.6. The lowest BCUT2D eigenvalue weighted by Crippen LogP contribution is -2.49. The monoisotopic (exact) mass is 537 g/mol. The van der Waals surface area contributed by atoms with Crippen molar-refractivity contribution in [1.82, 2.24) is 15.1 Å². The highest BCUT2D eigenvalue weighted by Crippen LogP contribution is 2.36. The van der Waals surface area contributed by atoms with Crippen molar-refractivity contribution in [1.29, 1.82) is 0 Å². The molecule has 2 aliphatic rings. The number of hydrogen-bond acceptors (Lipinski definition) is 4. The Kier molecular flexibility index (Phi) is 9.60. The molecule has 0 aromatic heterocycles. The Morgan fingerprint density at radius 2 is 1.71 bits per heavy atom. The van der Waals surface area contributed by atoms with E-state index in [-0.39, 0.29) is 11.9 Å². The Labute approximate surface area is 223 Å². The van der Waals surface area contributed by atoms with Crippen LogP contribution in [0.3, 0.4) is 0 Å². The predicted octanol–water partition coefficient (Wildman–Crippen LogP) is 5.66. The van der Waals surface area contributed by atoms with Crippen LogP contribution >= 0.6 is 34.8 Å². The molecule has 2 aromatic rings. The van der Waals surface area contributed by atoms with Crippen molar-refractivity contribution < 1.29 is 9.53 Å². The molecular formula is C27H34Cl3N3O2. The van der Waals surface area contributed by atoms with Gasteiger partial charge in [0.1, 0.15) is 12.4 Å². The van der Waals surface area contributed by atoms with Gasteiger partial charge in [0.25, 0.3) is 0 Å². The van der Waals surface area contributed by atoms with Crippen molar-refractivity contribution in [3.8, 4) is 5.75 Å². The predicted molar refractivity (Wildman–Crippen MR) is 144 cm³/mol. The molecule has 0 spiro atoms. The van der Waals surface area contributed by atoms with E-state index in [0.717, 1.165) is 43.8 Å². The molecule has 190 valence electrons. The maximum atomic E-state index is 13.3. The van der Waals surface area contributed by atoms with Gasteiger partial charge in [-0.1, -0.05) is 46.9 Å². The van der Waals surface area contributed by atoms with Crippen LogP contribution in [-0.4, -0.2) is 68.1 Å². The minimum absolute atomic E-state index is 0.107. The fourth-order valence-corrected chi connectivity index (χ4v) is 5.76. The molecule has 2 saturated heterocycles. The van der Waals surface area contributed by atoms with Crippen molar-refractivity contribution in [2.24, 2.45) is 0 Å². The second-order valence-corrected chi connectivity index (χ2v) is 10.7. The zero-order valence-electron chi connectivity index (χ0n) is 20.2. The highest BCUT2D eigenvalue weighted by molar-refractivity contribution is 6.35. The zero-order chi connectivity index (χ0) is 24.8. The average Bonchev–Trinajstić information content (AvgIpc) is 3.37. The Morgan fingerprint density at radius 3 is 2.40 bits per heavy atom. The van der Waals surface area contributed by atoms with Gasteiger partial charge in [-0.05, 0) is 93.6 Å². The molecule has 0 radical (unpaired) electrons. The van der Waals surface area contributed by atoms with E-state index in [2.05, 4.69) is 16.3 Å². The summed E-state index contributed by atoms with van der Waals surface area (Å²) in [6.45, 7) is 5.37. The van der Waals surface area contributed by atoms with E-state index in [1.54, 1.807) is 6.07 Å². The van der Waals surface area contributed by atoms with Crippen LogP contribution < -0.4 is 10.1 Å². The Balaban J connectivity index is 1.34. The van der Waals surface area contributed by atoms with Crippen molar-refractivity contribution in [2.45, 2.75) is 44.1 Å². The molecule has 1 N–H and O–H groups in total. The number of carbonyl (C=O) groups is 1. The summed E-state index contributed by atoms with van der Waals surface area (Å²) in [6, 6.07) is 11.1. The summed E-state index contributed by atoms with van der Waals surface area (Å²) in [5.41, 5.74) is 2.11. The standard InChI is InChI=1S/C27H34Cl3N3O2/c1-31-25(16-20-4-5-21(28)17-24(20)30)27(34)33-12-8-19(9-13-33)23-7-6-22(29)18-26(23)35-15-14-32-10-2-3-11-32/h4-7,17-19,25,31H,2-3,8-16H2,1H3/t25-/m1/s1. The van der Waals surface area contributed by atoms with Gasteiger partial charge in [0, 0.05) is 34.7 Å². The summed E-state index contributed by atoms with van der Waals surface area (Å²) in [7, 11) is 1.82. The lowest BCUT2D eigenvalue weighted by atomic mass is 9.88. The second kappa shape index (κ2) is 12.6. The molecule has 1 atom stereocenters. The molecule has 35 heavy (non-hydrogen) atoms. The minimum Gasteiger partial charge on any atom is -0.492 e. The van der Waals surface area contributed by atoms with Crippen molar-refractivity contribution >= 4 is 40.7 Å². The van der Waals surface area contributed by atoms with Crippen LogP contribution in [0, 0.1) is 0 Å². The Bertz CT molecular complexity index is 1010. The second-order valence-electron chi connectivity index (χ2n) is 9.46. The van der Waals surface area contributed by atoms with Gasteiger partial charge in [0.2, 0.25) is 5.91 Å². The third-order valence-electron chi connectivity index (χ3n) is 7.17. The zero-order valence-corrected chi connectivity index (χ0v) is 22.5. The average molecular weight is 539 g/mol. The molecule has 0 bridgehead atoms. The number of nitrogens with zero attached hydrogens (tertiary/aromatic N) is 2. The van der Waals surface area contributed by atoms with E-state index in [0.29, 0.717) is 47.1 Å². The summed E-state index contributed by atoms with van der Waals surface area (Å²) in [6.07, 6.45) is 4.88. The van der Waals surface area contributed by atoms with Crippen molar-refractivity contribution in [2.75, 3.05) is 46.4 Å².